The Morgan fingerprint density at radius 3 is 2.61 bits per heavy atom. The van der Waals surface area contributed by atoms with Crippen LogP contribution in [0.5, 0.6) is 5.75 Å². The number of benzene rings is 2. The van der Waals surface area contributed by atoms with Gasteiger partial charge in [-0.25, -0.2) is 9.79 Å². The number of rotatable bonds is 4. The van der Waals surface area contributed by atoms with Crippen molar-refractivity contribution >= 4 is 23.6 Å². The van der Waals surface area contributed by atoms with Gasteiger partial charge in [-0.15, -0.1) is 0 Å². The number of amidine groups is 1. The van der Waals surface area contributed by atoms with Crippen molar-refractivity contribution in [1.82, 2.24) is 10.6 Å². The fourth-order valence-electron chi connectivity index (χ4n) is 4.47. The van der Waals surface area contributed by atoms with E-state index in [1.807, 2.05) is 54.6 Å². The summed E-state index contributed by atoms with van der Waals surface area (Å²) >= 11 is 0. The van der Waals surface area contributed by atoms with E-state index >= 15 is 0 Å². The molecule has 0 radical (unpaired) electrons. The third-order valence-electron chi connectivity index (χ3n) is 5.85. The van der Waals surface area contributed by atoms with E-state index in [0.717, 1.165) is 11.1 Å². The third kappa shape index (κ3) is 3.63. The second-order valence-corrected chi connectivity index (χ2v) is 7.88. The molecule has 1 saturated heterocycles. The van der Waals surface area contributed by atoms with Crippen LogP contribution >= 0.6 is 0 Å². The summed E-state index contributed by atoms with van der Waals surface area (Å²) in [7, 11) is 0. The van der Waals surface area contributed by atoms with Crippen molar-refractivity contribution in [2.75, 3.05) is 0 Å². The summed E-state index contributed by atoms with van der Waals surface area (Å²) in [5.74, 6) is -0.764. The molecule has 2 atom stereocenters. The zero-order chi connectivity index (χ0) is 21.4. The van der Waals surface area contributed by atoms with E-state index in [2.05, 4.69) is 15.6 Å². The van der Waals surface area contributed by atoms with Crippen LogP contribution in [0, 0.1) is 5.92 Å². The second-order valence-electron chi connectivity index (χ2n) is 7.88. The van der Waals surface area contributed by atoms with Gasteiger partial charge in [-0.1, -0.05) is 42.5 Å². The summed E-state index contributed by atoms with van der Waals surface area (Å²) in [4.78, 5) is 42.0. The van der Waals surface area contributed by atoms with Crippen LogP contribution < -0.4 is 15.4 Å². The second kappa shape index (κ2) is 7.83. The van der Waals surface area contributed by atoms with E-state index in [0.29, 0.717) is 48.7 Å². The van der Waals surface area contributed by atoms with Crippen molar-refractivity contribution in [3.63, 3.8) is 0 Å². The molecular formula is C24H21N3O4. The highest BCUT2D eigenvalue weighted by Crippen LogP contribution is 2.44. The molecule has 2 unspecified atom stereocenters. The van der Waals surface area contributed by atoms with Crippen LogP contribution in [0.1, 0.15) is 36.3 Å². The lowest BCUT2D eigenvalue weighted by atomic mass is 9.72. The predicted molar refractivity (Wildman–Crippen MR) is 113 cm³/mol. The molecule has 1 fully saturated rings. The molecule has 0 bridgehead atoms. The number of fused-ring (bicyclic) bond motifs is 1. The normalized spacial score (nSPS) is 22.7. The van der Waals surface area contributed by atoms with Crippen LogP contribution in [0.15, 0.2) is 70.9 Å². The Morgan fingerprint density at radius 2 is 1.77 bits per heavy atom. The van der Waals surface area contributed by atoms with E-state index in [1.165, 1.54) is 0 Å². The number of nitrogens with zero attached hydrogens (tertiary/aromatic N) is 1. The molecule has 7 heteroatoms. The highest BCUT2D eigenvalue weighted by atomic mass is 16.5. The largest absolute Gasteiger partial charge is 0.489 e. The van der Waals surface area contributed by atoms with Crippen LogP contribution in [0.3, 0.4) is 0 Å². The number of aliphatic imine (C=N–C) groups is 1. The zero-order valence-electron chi connectivity index (χ0n) is 16.8. The van der Waals surface area contributed by atoms with Gasteiger partial charge in [-0.3, -0.25) is 20.2 Å². The monoisotopic (exact) mass is 415 g/mol. The number of allylic oxidation sites excluding steroid dienone is 2. The minimum atomic E-state index is -0.761. The lowest BCUT2D eigenvalue weighted by Crippen LogP contribution is -2.58. The van der Waals surface area contributed by atoms with Gasteiger partial charge in [-0.05, 0) is 36.1 Å². The van der Waals surface area contributed by atoms with E-state index in [-0.39, 0.29) is 5.78 Å². The molecule has 31 heavy (non-hydrogen) atoms. The first kappa shape index (κ1) is 19.2. The topological polar surface area (TPSA) is 96.9 Å². The summed E-state index contributed by atoms with van der Waals surface area (Å²) in [6.07, 6.45) is 1.80. The van der Waals surface area contributed by atoms with Crippen molar-refractivity contribution in [2.45, 2.75) is 31.8 Å². The maximum absolute atomic E-state index is 12.9. The van der Waals surface area contributed by atoms with Crippen molar-refractivity contribution < 1.29 is 19.1 Å². The lowest BCUT2D eigenvalue weighted by Gasteiger charge is -2.37. The minimum Gasteiger partial charge on any atom is -0.489 e. The van der Waals surface area contributed by atoms with Crippen LogP contribution in [0.4, 0.5) is 4.79 Å². The standard InChI is InChI=1S/C24H21N3O4/c28-18-11-5-10-17-20(18)19(21-22(25-17)26-24(30)27-23(21)29)15-8-4-9-16(12-15)31-13-14-6-2-1-3-7-14/h1-4,6-9,12,19,21H,5,10-11,13H2,(H2,25,26,27,29,30). The number of amides is 3. The number of carbonyl (C=O) groups is 3. The summed E-state index contributed by atoms with van der Waals surface area (Å²) in [5, 5.41) is 4.97. The molecule has 0 saturated carbocycles. The SMILES string of the molecule is O=C1NC(=O)C2C(=NC3=C(C(=O)CCC3)C2c2cccc(OCc3ccccc3)c2)N1. The quantitative estimate of drug-likeness (QED) is 0.801. The molecule has 3 aliphatic rings. The van der Waals surface area contributed by atoms with Gasteiger partial charge in [-0.2, -0.15) is 0 Å². The fourth-order valence-corrected chi connectivity index (χ4v) is 4.47. The van der Waals surface area contributed by atoms with E-state index in [9.17, 15) is 14.4 Å². The molecule has 7 nitrogen and oxygen atoms in total. The number of hydrogen-bond acceptors (Lipinski definition) is 5. The van der Waals surface area contributed by atoms with E-state index < -0.39 is 23.8 Å². The number of nitrogens with one attached hydrogen (secondary N) is 2. The molecule has 2 aromatic carbocycles. The van der Waals surface area contributed by atoms with Crippen molar-refractivity contribution in [2.24, 2.45) is 10.9 Å². The molecule has 156 valence electrons. The first-order valence-electron chi connectivity index (χ1n) is 10.3. The summed E-state index contributed by atoms with van der Waals surface area (Å²) in [6.45, 7) is 0.411. The maximum Gasteiger partial charge on any atom is 0.326 e. The molecule has 5 rings (SSSR count). The molecule has 2 aromatic rings. The number of imide groups is 1. The Kier molecular flexibility index (Phi) is 4.86. The average Bonchev–Trinajstić information content (AvgIpc) is 2.77. The number of ether oxygens (including phenoxy) is 1. The van der Waals surface area contributed by atoms with Crippen LogP contribution in [0.2, 0.25) is 0 Å². The fraction of sp³-hybridized carbons (Fsp3) is 0.250. The molecule has 2 N–H and O–H groups in total. The van der Waals surface area contributed by atoms with Gasteiger partial charge in [0.2, 0.25) is 5.91 Å². The van der Waals surface area contributed by atoms with Crippen molar-refractivity contribution in [3.8, 4) is 5.75 Å². The van der Waals surface area contributed by atoms with Gasteiger partial charge in [0.05, 0.1) is 0 Å². The molecule has 2 heterocycles. The van der Waals surface area contributed by atoms with Crippen molar-refractivity contribution in [1.29, 1.82) is 0 Å². The Balaban J connectivity index is 1.52. The summed E-state index contributed by atoms with van der Waals surface area (Å²) in [6, 6.07) is 16.7. The molecule has 0 aromatic heterocycles. The Hall–Kier alpha value is -3.74. The molecule has 0 spiro atoms. The number of ketones is 1. The highest BCUT2D eigenvalue weighted by molar-refractivity contribution is 6.20. The third-order valence-corrected chi connectivity index (χ3v) is 5.85. The first-order valence-corrected chi connectivity index (χ1v) is 10.3. The zero-order valence-corrected chi connectivity index (χ0v) is 16.8. The summed E-state index contributed by atoms with van der Waals surface area (Å²) in [5.41, 5.74) is 3.07. The molecular weight excluding hydrogens is 394 g/mol. The van der Waals surface area contributed by atoms with Crippen LogP contribution in [-0.2, 0) is 16.2 Å². The van der Waals surface area contributed by atoms with Gasteiger partial charge in [0.15, 0.2) is 5.78 Å². The molecule has 1 aliphatic carbocycles. The highest BCUT2D eigenvalue weighted by Gasteiger charge is 2.46. The Labute approximate surface area is 179 Å². The van der Waals surface area contributed by atoms with Crippen molar-refractivity contribution in [3.05, 3.63) is 77.0 Å². The Bertz CT molecular complexity index is 1140. The number of urea groups is 1. The number of carbonyl (C=O) groups excluding carboxylic acids is 3. The van der Waals surface area contributed by atoms with Gasteiger partial charge in [0.1, 0.15) is 24.1 Å². The van der Waals surface area contributed by atoms with Crippen LogP contribution in [-0.4, -0.2) is 23.6 Å². The van der Waals surface area contributed by atoms with E-state index in [1.54, 1.807) is 0 Å². The molecule has 2 aliphatic heterocycles. The Morgan fingerprint density at radius 1 is 0.935 bits per heavy atom. The maximum atomic E-state index is 12.9. The first-order chi connectivity index (χ1) is 15.1. The van der Waals surface area contributed by atoms with E-state index in [4.69, 9.17) is 4.74 Å². The smallest absolute Gasteiger partial charge is 0.326 e. The lowest BCUT2D eigenvalue weighted by molar-refractivity contribution is -0.123. The predicted octanol–water partition coefficient (Wildman–Crippen LogP) is 3.22. The van der Waals surface area contributed by atoms with Gasteiger partial charge < -0.3 is 4.74 Å². The average molecular weight is 415 g/mol. The van der Waals surface area contributed by atoms with Gasteiger partial charge in [0, 0.05) is 23.6 Å². The molecule has 3 amide bonds. The minimum absolute atomic E-state index is 0.00866. The van der Waals surface area contributed by atoms with Gasteiger partial charge in [0.25, 0.3) is 0 Å². The number of Topliss-reactive ketones (excluding diaryl/α,β-unsaturated/α-hetero) is 1. The summed E-state index contributed by atoms with van der Waals surface area (Å²) < 4.78 is 5.96. The number of hydrogen-bond donors (Lipinski definition) is 2. The van der Waals surface area contributed by atoms with Crippen LogP contribution in [0.25, 0.3) is 0 Å². The van der Waals surface area contributed by atoms with Gasteiger partial charge >= 0.3 is 6.03 Å².